The van der Waals surface area contributed by atoms with E-state index in [4.69, 9.17) is 4.74 Å². The van der Waals surface area contributed by atoms with E-state index in [0.717, 1.165) is 21.5 Å². The first-order valence-corrected chi connectivity index (χ1v) is 7.20. The van der Waals surface area contributed by atoms with Crippen molar-refractivity contribution in [2.75, 3.05) is 6.61 Å². The zero-order valence-corrected chi connectivity index (χ0v) is 11.3. The van der Waals surface area contributed by atoms with Gasteiger partial charge in [0.15, 0.2) is 0 Å². The zero-order chi connectivity index (χ0) is 12.1. The minimum atomic E-state index is 0.0794. The Morgan fingerprint density at radius 1 is 1.59 bits per heavy atom. The maximum atomic E-state index is 5.51. The second-order valence-corrected chi connectivity index (χ2v) is 5.26. The van der Waals surface area contributed by atoms with Crippen molar-refractivity contribution in [3.63, 3.8) is 0 Å². The maximum absolute atomic E-state index is 5.51. The quantitative estimate of drug-likeness (QED) is 0.818. The van der Waals surface area contributed by atoms with Crippen LogP contribution in [0.25, 0.3) is 0 Å². The fourth-order valence-corrected chi connectivity index (χ4v) is 2.91. The molecule has 2 rings (SSSR count). The lowest BCUT2D eigenvalue weighted by Crippen LogP contribution is -1.98. The van der Waals surface area contributed by atoms with Crippen LogP contribution in [0.1, 0.15) is 30.7 Å². The first kappa shape index (κ1) is 12.5. The maximum Gasteiger partial charge on any atom is 0.139 e. The Bertz CT molecular complexity index is 443. The summed E-state index contributed by atoms with van der Waals surface area (Å²) in [6.07, 6.45) is 1.79. The van der Waals surface area contributed by atoms with Crippen molar-refractivity contribution in [1.29, 1.82) is 0 Å². The van der Waals surface area contributed by atoms with Gasteiger partial charge in [-0.1, -0.05) is 11.8 Å². The molecule has 0 amide bonds. The van der Waals surface area contributed by atoms with Crippen molar-refractivity contribution in [3.8, 4) is 0 Å². The number of hydrogen-bond donors (Lipinski definition) is 1. The third-order valence-electron chi connectivity index (χ3n) is 2.09. The van der Waals surface area contributed by atoms with Gasteiger partial charge in [-0.2, -0.15) is 10.3 Å². The molecular formula is C10H14N4OS2. The number of H-pyrrole nitrogens is 1. The smallest absolute Gasteiger partial charge is 0.139 e. The van der Waals surface area contributed by atoms with Gasteiger partial charge in [0, 0.05) is 17.7 Å². The van der Waals surface area contributed by atoms with Gasteiger partial charge in [0.05, 0.1) is 11.9 Å². The van der Waals surface area contributed by atoms with Crippen LogP contribution in [-0.4, -0.2) is 27.0 Å². The lowest BCUT2D eigenvalue weighted by Gasteiger charge is -2.06. The van der Waals surface area contributed by atoms with Crippen molar-refractivity contribution in [3.05, 3.63) is 22.3 Å². The monoisotopic (exact) mass is 270 g/mol. The van der Waals surface area contributed by atoms with Gasteiger partial charge in [0.2, 0.25) is 0 Å². The Balaban J connectivity index is 1.89. The van der Waals surface area contributed by atoms with Crippen LogP contribution in [0, 0.1) is 0 Å². The molecule has 0 aromatic carbocycles. The highest BCUT2D eigenvalue weighted by Gasteiger charge is 2.10. The molecule has 2 aromatic heterocycles. The summed E-state index contributed by atoms with van der Waals surface area (Å²) in [7, 11) is 0. The number of nitrogens with zero attached hydrogens (tertiary/aromatic N) is 3. The SMILES string of the molecule is CCOC(C)c1nc(CSc2cn[nH]n2)cs1. The Labute approximate surface area is 108 Å². The molecule has 0 saturated heterocycles. The number of ether oxygens (including phenoxy) is 1. The molecule has 17 heavy (non-hydrogen) atoms. The molecule has 2 heterocycles. The first-order chi connectivity index (χ1) is 8.29. The minimum Gasteiger partial charge on any atom is -0.372 e. The fourth-order valence-electron chi connectivity index (χ4n) is 1.31. The number of hydrogen-bond acceptors (Lipinski definition) is 6. The van der Waals surface area contributed by atoms with Crippen LogP contribution in [0.5, 0.6) is 0 Å². The van der Waals surface area contributed by atoms with Gasteiger partial charge in [0.25, 0.3) is 0 Å². The number of thiazole rings is 1. The number of nitrogens with one attached hydrogen (secondary N) is 1. The summed E-state index contributed by atoms with van der Waals surface area (Å²) in [5, 5.41) is 14.3. The van der Waals surface area contributed by atoms with Crippen molar-refractivity contribution in [1.82, 2.24) is 20.4 Å². The molecule has 0 aliphatic carbocycles. The Kier molecular flexibility index (Phi) is 4.52. The molecule has 0 saturated carbocycles. The van der Waals surface area contributed by atoms with Crippen molar-refractivity contribution in [2.24, 2.45) is 0 Å². The van der Waals surface area contributed by atoms with Crippen LogP contribution in [0.4, 0.5) is 0 Å². The van der Waals surface area contributed by atoms with E-state index in [0.29, 0.717) is 6.61 Å². The molecule has 92 valence electrons. The van der Waals surface area contributed by atoms with E-state index in [2.05, 4.69) is 25.8 Å². The molecule has 2 aromatic rings. The summed E-state index contributed by atoms with van der Waals surface area (Å²) in [4.78, 5) is 4.54. The van der Waals surface area contributed by atoms with E-state index in [9.17, 15) is 0 Å². The van der Waals surface area contributed by atoms with Crippen molar-refractivity contribution in [2.45, 2.75) is 30.7 Å². The van der Waals surface area contributed by atoms with Crippen molar-refractivity contribution < 1.29 is 4.74 Å². The lowest BCUT2D eigenvalue weighted by atomic mass is 10.4. The predicted octanol–water partition coefficient (Wildman–Crippen LogP) is 2.65. The van der Waals surface area contributed by atoms with Crippen molar-refractivity contribution >= 4 is 23.1 Å². The minimum absolute atomic E-state index is 0.0794. The number of thioether (sulfide) groups is 1. The topological polar surface area (TPSA) is 63.7 Å². The van der Waals surface area contributed by atoms with Gasteiger partial charge in [-0.3, -0.25) is 0 Å². The van der Waals surface area contributed by atoms with Gasteiger partial charge in [-0.15, -0.1) is 16.4 Å². The van der Waals surface area contributed by atoms with E-state index in [1.807, 2.05) is 13.8 Å². The molecule has 1 N–H and O–H groups in total. The summed E-state index contributed by atoms with van der Waals surface area (Å²) in [6.45, 7) is 4.73. The zero-order valence-electron chi connectivity index (χ0n) is 9.71. The van der Waals surface area contributed by atoms with Crippen LogP contribution in [0.15, 0.2) is 16.6 Å². The van der Waals surface area contributed by atoms with Gasteiger partial charge in [-0.25, -0.2) is 4.98 Å². The molecule has 1 atom stereocenters. The summed E-state index contributed by atoms with van der Waals surface area (Å²) in [5.74, 6) is 0.807. The fraction of sp³-hybridized carbons (Fsp3) is 0.500. The molecule has 7 heteroatoms. The highest BCUT2D eigenvalue weighted by atomic mass is 32.2. The average Bonchev–Trinajstić information content (AvgIpc) is 2.98. The predicted molar refractivity (Wildman–Crippen MR) is 68.1 cm³/mol. The van der Waals surface area contributed by atoms with Gasteiger partial charge < -0.3 is 4.74 Å². The normalized spacial score (nSPS) is 12.8. The van der Waals surface area contributed by atoms with E-state index >= 15 is 0 Å². The third kappa shape index (κ3) is 3.52. The molecule has 0 fully saturated rings. The van der Waals surface area contributed by atoms with Crippen LogP contribution >= 0.6 is 23.1 Å². The second-order valence-electron chi connectivity index (χ2n) is 3.37. The van der Waals surface area contributed by atoms with Gasteiger partial charge >= 0.3 is 0 Å². The van der Waals surface area contributed by atoms with E-state index < -0.39 is 0 Å². The number of aromatic nitrogens is 4. The lowest BCUT2D eigenvalue weighted by molar-refractivity contribution is 0.0761. The van der Waals surface area contributed by atoms with Gasteiger partial charge in [-0.05, 0) is 13.8 Å². The molecule has 1 unspecified atom stereocenters. The molecule has 5 nitrogen and oxygen atoms in total. The largest absolute Gasteiger partial charge is 0.372 e. The van der Waals surface area contributed by atoms with Crippen LogP contribution in [-0.2, 0) is 10.5 Å². The molecule has 0 spiro atoms. The summed E-state index contributed by atoms with van der Waals surface area (Å²) in [6, 6.07) is 0. The van der Waals surface area contributed by atoms with E-state index in [-0.39, 0.29) is 6.10 Å². The number of rotatable bonds is 6. The van der Waals surface area contributed by atoms with Crippen LogP contribution in [0.3, 0.4) is 0 Å². The average molecular weight is 270 g/mol. The van der Waals surface area contributed by atoms with E-state index in [1.54, 1.807) is 29.3 Å². The Morgan fingerprint density at radius 3 is 3.18 bits per heavy atom. The second kappa shape index (κ2) is 6.13. The molecule has 0 radical (unpaired) electrons. The first-order valence-electron chi connectivity index (χ1n) is 5.34. The van der Waals surface area contributed by atoms with E-state index in [1.165, 1.54) is 0 Å². The third-order valence-corrected chi connectivity index (χ3v) is 4.08. The summed E-state index contributed by atoms with van der Waals surface area (Å²) < 4.78 is 5.51. The molecule has 0 aliphatic rings. The Morgan fingerprint density at radius 2 is 2.47 bits per heavy atom. The highest BCUT2D eigenvalue weighted by Crippen LogP contribution is 2.25. The Hall–Kier alpha value is -0.920. The summed E-state index contributed by atoms with van der Waals surface area (Å²) >= 11 is 3.26. The molecule has 0 bridgehead atoms. The van der Waals surface area contributed by atoms with Crippen LogP contribution in [0.2, 0.25) is 0 Å². The standard InChI is InChI=1S/C10H14N4OS2/c1-3-15-7(2)10-12-8(6-17-10)5-16-9-4-11-14-13-9/h4,6-7H,3,5H2,1-2H3,(H,11,13,14). The molecule has 0 aliphatic heterocycles. The van der Waals surface area contributed by atoms with Gasteiger partial charge in [0.1, 0.15) is 16.1 Å². The van der Waals surface area contributed by atoms with Crippen LogP contribution < -0.4 is 0 Å². The number of aromatic amines is 1. The summed E-state index contributed by atoms with van der Waals surface area (Å²) in [5.41, 5.74) is 1.06. The highest BCUT2D eigenvalue weighted by molar-refractivity contribution is 7.98. The molecular weight excluding hydrogens is 256 g/mol.